The highest BCUT2D eigenvalue weighted by Crippen LogP contribution is 2.05. The molecular formula is C19H28ClIN4O2. The number of guanidine groups is 1. The van der Waals surface area contributed by atoms with Crippen molar-refractivity contribution in [1.29, 1.82) is 0 Å². The summed E-state index contributed by atoms with van der Waals surface area (Å²) in [6, 6.07) is 7.67. The Morgan fingerprint density at radius 2 is 2.04 bits per heavy atom. The van der Waals surface area contributed by atoms with Gasteiger partial charge in [0.2, 0.25) is 0 Å². The number of hydrogen-bond donors (Lipinski definition) is 2. The smallest absolute Gasteiger partial charge is 0.191 e. The Kier molecular flexibility index (Phi) is 12.9. The number of furan rings is 1. The lowest BCUT2D eigenvalue weighted by molar-refractivity contribution is 0.146. The van der Waals surface area contributed by atoms with Gasteiger partial charge in [-0.15, -0.1) is 24.0 Å². The maximum atomic E-state index is 5.82. The van der Waals surface area contributed by atoms with Gasteiger partial charge in [-0.3, -0.25) is 4.99 Å². The van der Waals surface area contributed by atoms with Gasteiger partial charge in [0, 0.05) is 45.5 Å². The first-order valence-electron chi connectivity index (χ1n) is 9.00. The monoisotopic (exact) mass is 506 g/mol. The molecule has 0 fully saturated rings. The second-order valence-corrected chi connectivity index (χ2v) is 6.09. The van der Waals surface area contributed by atoms with E-state index in [1.54, 1.807) is 18.5 Å². The summed E-state index contributed by atoms with van der Waals surface area (Å²) in [5.74, 6) is 1.76. The van der Waals surface area contributed by atoms with Crippen LogP contribution in [0.25, 0.3) is 0 Å². The van der Waals surface area contributed by atoms with Gasteiger partial charge in [-0.2, -0.15) is 0 Å². The Balaban J connectivity index is 0.00000364. The molecule has 2 aromatic rings. The Morgan fingerprint density at radius 1 is 1.22 bits per heavy atom. The predicted octanol–water partition coefficient (Wildman–Crippen LogP) is 3.69. The fourth-order valence-electron chi connectivity index (χ4n) is 2.31. The molecule has 0 aliphatic carbocycles. The van der Waals surface area contributed by atoms with Gasteiger partial charge in [-0.1, -0.05) is 17.7 Å². The van der Waals surface area contributed by atoms with Crippen molar-refractivity contribution < 1.29 is 9.15 Å². The molecule has 27 heavy (non-hydrogen) atoms. The predicted molar refractivity (Wildman–Crippen MR) is 120 cm³/mol. The molecule has 6 nitrogen and oxygen atoms in total. The zero-order valence-electron chi connectivity index (χ0n) is 15.6. The quantitative estimate of drug-likeness (QED) is 0.160. The van der Waals surface area contributed by atoms with Crippen molar-refractivity contribution in [2.45, 2.75) is 26.2 Å². The molecule has 0 unspecified atom stereocenters. The van der Waals surface area contributed by atoms with Gasteiger partial charge in [-0.05, 0) is 43.5 Å². The van der Waals surface area contributed by atoms with Gasteiger partial charge in [0.25, 0.3) is 0 Å². The van der Waals surface area contributed by atoms with Gasteiger partial charge in [0.15, 0.2) is 5.96 Å². The largest absolute Gasteiger partial charge is 0.469 e. The van der Waals surface area contributed by atoms with Crippen LogP contribution in [0.3, 0.4) is 0 Å². The van der Waals surface area contributed by atoms with Crippen LogP contribution in [0.15, 0.2) is 46.1 Å². The van der Waals surface area contributed by atoms with E-state index < -0.39 is 0 Å². The van der Waals surface area contributed by atoms with Crippen molar-refractivity contribution >= 4 is 41.5 Å². The standard InChI is InChI=1S/C19H27ClN4O2.HI/c1-2-25-13-4-10-21-19(23-12-9-17-5-3-14-26-17)22-11-8-16-6-7-18(20)24-15-16;/h3,5-7,14-15H,2,4,8-13H2,1H3,(H2,21,22,23);1H. The third-order valence-corrected chi connectivity index (χ3v) is 3.88. The van der Waals surface area contributed by atoms with Crippen molar-refractivity contribution in [3.63, 3.8) is 0 Å². The minimum Gasteiger partial charge on any atom is -0.469 e. The first-order chi connectivity index (χ1) is 12.8. The second-order valence-electron chi connectivity index (χ2n) is 5.70. The minimum absolute atomic E-state index is 0. The van der Waals surface area contributed by atoms with Crippen LogP contribution < -0.4 is 10.6 Å². The van der Waals surface area contributed by atoms with E-state index in [2.05, 4.69) is 20.6 Å². The summed E-state index contributed by atoms with van der Waals surface area (Å²) in [7, 11) is 0. The Hall–Kier alpha value is -1.32. The van der Waals surface area contributed by atoms with Crippen LogP contribution in [0, 0.1) is 0 Å². The molecule has 0 atom stereocenters. The average Bonchev–Trinajstić information content (AvgIpc) is 3.16. The summed E-state index contributed by atoms with van der Waals surface area (Å²) in [5, 5.41) is 7.22. The van der Waals surface area contributed by atoms with Gasteiger partial charge in [0.1, 0.15) is 10.9 Å². The highest BCUT2D eigenvalue weighted by Gasteiger charge is 2.01. The van der Waals surface area contributed by atoms with E-state index in [9.17, 15) is 0 Å². The topological polar surface area (TPSA) is 71.7 Å². The van der Waals surface area contributed by atoms with Crippen molar-refractivity contribution in [2.24, 2.45) is 4.99 Å². The molecule has 0 amide bonds. The van der Waals surface area contributed by atoms with Gasteiger partial charge in [0.05, 0.1) is 6.26 Å². The molecule has 2 rings (SSSR count). The van der Waals surface area contributed by atoms with E-state index in [0.717, 1.165) is 69.4 Å². The number of aromatic nitrogens is 1. The fraction of sp³-hybridized carbons (Fsp3) is 0.474. The first-order valence-corrected chi connectivity index (χ1v) is 9.38. The Morgan fingerprint density at radius 3 is 2.70 bits per heavy atom. The third-order valence-electron chi connectivity index (χ3n) is 3.66. The fourth-order valence-corrected chi connectivity index (χ4v) is 2.43. The lowest BCUT2D eigenvalue weighted by atomic mass is 10.2. The first kappa shape index (κ1) is 23.7. The molecule has 0 aliphatic heterocycles. The van der Waals surface area contributed by atoms with Crippen molar-refractivity contribution in [1.82, 2.24) is 15.6 Å². The number of aliphatic imine (C=N–C) groups is 1. The van der Waals surface area contributed by atoms with Gasteiger partial charge in [-0.25, -0.2) is 4.98 Å². The summed E-state index contributed by atoms with van der Waals surface area (Å²) < 4.78 is 10.7. The highest BCUT2D eigenvalue weighted by atomic mass is 127. The maximum Gasteiger partial charge on any atom is 0.191 e. The molecule has 2 aromatic heterocycles. The lowest BCUT2D eigenvalue weighted by Crippen LogP contribution is -2.39. The molecule has 0 bridgehead atoms. The number of halogens is 2. The zero-order valence-corrected chi connectivity index (χ0v) is 18.7. The number of ether oxygens (including phenoxy) is 1. The SMILES string of the molecule is CCOCCCN=C(NCCc1ccc(Cl)nc1)NCCc1ccco1.I. The van der Waals surface area contributed by atoms with Crippen LogP contribution in [-0.4, -0.2) is 43.8 Å². The summed E-state index contributed by atoms with van der Waals surface area (Å²) in [4.78, 5) is 8.71. The van der Waals surface area contributed by atoms with Gasteiger partial charge < -0.3 is 19.8 Å². The van der Waals surface area contributed by atoms with E-state index in [4.69, 9.17) is 20.8 Å². The molecule has 150 valence electrons. The molecule has 0 spiro atoms. The zero-order chi connectivity index (χ0) is 18.5. The molecule has 0 aromatic carbocycles. The number of nitrogens with zero attached hydrogens (tertiary/aromatic N) is 2. The van der Waals surface area contributed by atoms with Gasteiger partial charge >= 0.3 is 0 Å². The van der Waals surface area contributed by atoms with Crippen LogP contribution in [-0.2, 0) is 17.6 Å². The maximum absolute atomic E-state index is 5.82. The van der Waals surface area contributed by atoms with Crippen LogP contribution in [0.5, 0.6) is 0 Å². The summed E-state index contributed by atoms with van der Waals surface area (Å²) in [5.41, 5.74) is 1.13. The second kappa shape index (κ2) is 14.7. The molecular weight excluding hydrogens is 479 g/mol. The molecule has 0 radical (unpaired) electrons. The highest BCUT2D eigenvalue weighted by molar-refractivity contribution is 14.0. The Labute approximate surface area is 183 Å². The van der Waals surface area contributed by atoms with Crippen LogP contribution in [0.1, 0.15) is 24.7 Å². The van der Waals surface area contributed by atoms with Crippen molar-refractivity contribution in [3.8, 4) is 0 Å². The van der Waals surface area contributed by atoms with E-state index in [0.29, 0.717) is 5.15 Å². The van der Waals surface area contributed by atoms with Crippen molar-refractivity contribution in [3.05, 3.63) is 53.2 Å². The molecule has 0 saturated heterocycles. The van der Waals surface area contributed by atoms with Crippen LogP contribution in [0.2, 0.25) is 5.15 Å². The number of pyridine rings is 1. The molecule has 0 saturated carbocycles. The van der Waals surface area contributed by atoms with Crippen LogP contribution >= 0.6 is 35.6 Å². The number of hydrogen-bond acceptors (Lipinski definition) is 4. The average molecular weight is 507 g/mol. The molecule has 0 aliphatic rings. The number of nitrogens with one attached hydrogen (secondary N) is 2. The summed E-state index contributed by atoms with van der Waals surface area (Å²) >= 11 is 5.82. The summed E-state index contributed by atoms with van der Waals surface area (Å²) in [6.07, 6.45) is 6.06. The molecule has 8 heteroatoms. The van der Waals surface area contributed by atoms with Crippen LogP contribution in [0.4, 0.5) is 0 Å². The number of rotatable bonds is 11. The normalized spacial score (nSPS) is 11.1. The Bertz CT molecular complexity index is 636. The minimum atomic E-state index is 0. The molecule has 2 N–H and O–H groups in total. The van der Waals surface area contributed by atoms with E-state index >= 15 is 0 Å². The summed E-state index contributed by atoms with van der Waals surface area (Å²) in [6.45, 7) is 5.72. The van der Waals surface area contributed by atoms with E-state index in [1.165, 1.54) is 0 Å². The van der Waals surface area contributed by atoms with Crippen molar-refractivity contribution in [2.75, 3.05) is 32.8 Å². The van der Waals surface area contributed by atoms with E-state index in [-0.39, 0.29) is 24.0 Å². The van der Waals surface area contributed by atoms with E-state index in [1.807, 2.05) is 25.1 Å². The lowest BCUT2D eigenvalue weighted by Gasteiger charge is -2.12. The third kappa shape index (κ3) is 10.6. The molecule has 2 heterocycles.